The van der Waals surface area contributed by atoms with Crippen LogP contribution in [-0.4, -0.2) is 62.9 Å². The number of aromatic nitrogens is 3. The molecule has 0 radical (unpaired) electrons. The van der Waals surface area contributed by atoms with Gasteiger partial charge in [0.15, 0.2) is 5.82 Å². The highest BCUT2D eigenvalue weighted by atomic mass is 32.2. The van der Waals surface area contributed by atoms with Gasteiger partial charge < -0.3 is 20.2 Å². The number of ether oxygens (including phenoxy) is 2. The molecule has 0 unspecified atom stereocenters. The summed E-state index contributed by atoms with van der Waals surface area (Å²) in [6, 6.07) is 5.87. The van der Waals surface area contributed by atoms with Gasteiger partial charge in [0.2, 0.25) is 11.1 Å². The number of nitrogens with zero attached hydrogens (tertiary/aromatic N) is 4. The zero-order chi connectivity index (χ0) is 22.4. The number of benzene rings is 1. The minimum atomic E-state index is -2.90. The van der Waals surface area contributed by atoms with E-state index in [1.165, 1.54) is 51.3 Å². The molecule has 1 aromatic heterocycles. The van der Waals surface area contributed by atoms with Gasteiger partial charge in [0.1, 0.15) is 5.75 Å². The van der Waals surface area contributed by atoms with Crippen LogP contribution in [-0.2, 0) is 14.3 Å². The number of amides is 1. The number of nitrogen functional groups attached to an aromatic ring is 1. The Hall–Kier alpha value is -2.80. The standard InChI is InChI=1S/C18H19F2N5O4S2/c1-2-28-15(27)9-14-24(13(26)10-31-14)7-8-30-18-23-22-16(25(18)21)11-3-5-12(6-4-11)29-17(19)20/h3-6,9,17H,2,7-8,10,21H2,1H3. The number of carbonyl (C=O) groups excluding carboxylic acids is 2. The molecule has 31 heavy (non-hydrogen) atoms. The molecule has 9 nitrogen and oxygen atoms in total. The van der Waals surface area contributed by atoms with Crippen molar-refractivity contribution >= 4 is 35.4 Å². The van der Waals surface area contributed by atoms with E-state index in [1.54, 1.807) is 19.1 Å². The molecule has 0 saturated carbocycles. The van der Waals surface area contributed by atoms with Crippen LogP contribution in [0.15, 0.2) is 40.5 Å². The fourth-order valence-corrected chi connectivity index (χ4v) is 4.38. The van der Waals surface area contributed by atoms with Crippen molar-refractivity contribution in [2.24, 2.45) is 0 Å². The SMILES string of the molecule is CCOC(=O)C=C1SCC(=O)N1CCSc1nnc(-c2ccc(OC(F)F)cc2)n1N. The fourth-order valence-electron chi connectivity index (χ4n) is 2.64. The molecule has 13 heteroatoms. The number of esters is 1. The van der Waals surface area contributed by atoms with Crippen LogP contribution in [0.2, 0.25) is 0 Å². The third kappa shape index (κ3) is 5.88. The van der Waals surface area contributed by atoms with Gasteiger partial charge in [-0.15, -0.1) is 10.2 Å². The molecule has 2 heterocycles. The Bertz CT molecular complexity index is 968. The first-order valence-electron chi connectivity index (χ1n) is 9.09. The predicted octanol–water partition coefficient (Wildman–Crippen LogP) is 2.33. The van der Waals surface area contributed by atoms with Gasteiger partial charge in [-0.25, -0.2) is 9.47 Å². The number of hydrogen-bond donors (Lipinski definition) is 1. The first kappa shape index (κ1) is 22.9. The number of rotatable bonds is 9. The lowest BCUT2D eigenvalue weighted by molar-refractivity contribution is -0.137. The zero-order valence-corrected chi connectivity index (χ0v) is 18.0. The van der Waals surface area contributed by atoms with Crippen molar-refractivity contribution in [1.29, 1.82) is 0 Å². The Labute approximate surface area is 184 Å². The molecule has 2 N–H and O–H groups in total. The van der Waals surface area contributed by atoms with Gasteiger partial charge in [0.05, 0.1) is 23.5 Å². The predicted molar refractivity (Wildman–Crippen MR) is 112 cm³/mol. The highest BCUT2D eigenvalue weighted by molar-refractivity contribution is 8.04. The molecule has 1 fully saturated rings. The van der Waals surface area contributed by atoms with Crippen LogP contribution in [0.4, 0.5) is 8.78 Å². The topological polar surface area (TPSA) is 113 Å². The Balaban J connectivity index is 1.61. The molecule has 0 bridgehead atoms. The minimum absolute atomic E-state index is 0.0243. The summed E-state index contributed by atoms with van der Waals surface area (Å²) in [5, 5.41) is 9.04. The molecule has 1 aliphatic heterocycles. The van der Waals surface area contributed by atoms with Crippen molar-refractivity contribution in [2.45, 2.75) is 18.7 Å². The Morgan fingerprint density at radius 3 is 2.77 bits per heavy atom. The largest absolute Gasteiger partial charge is 0.463 e. The molecular formula is C18H19F2N5O4S2. The summed E-state index contributed by atoms with van der Waals surface area (Å²) in [5.74, 6) is 6.57. The van der Waals surface area contributed by atoms with E-state index >= 15 is 0 Å². The van der Waals surface area contributed by atoms with E-state index in [1.807, 2.05) is 0 Å². The second-order valence-corrected chi connectivity index (χ2v) is 8.05. The molecule has 0 atom stereocenters. The van der Waals surface area contributed by atoms with E-state index in [4.69, 9.17) is 10.6 Å². The Morgan fingerprint density at radius 2 is 2.10 bits per heavy atom. The monoisotopic (exact) mass is 471 g/mol. The molecular weight excluding hydrogens is 452 g/mol. The number of halogens is 2. The maximum atomic E-state index is 12.3. The zero-order valence-electron chi connectivity index (χ0n) is 16.4. The van der Waals surface area contributed by atoms with Crippen molar-refractivity contribution < 1.29 is 27.8 Å². The second kappa shape index (κ2) is 10.5. The van der Waals surface area contributed by atoms with Gasteiger partial charge in [-0.3, -0.25) is 4.79 Å². The molecule has 0 aliphatic carbocycles. The maximum absolute atomic E-state index is 12.3. The van der Waals surface area contributed by atoms with E-state index in [0.717, 1.165) is 0 Å². The lowest BCUT2D eigenvalue weighted by Crippen LogP contribution is -2.27. The summed E-state index contributed by atoms with van der Waals surface area (Å²) in [6.07, 6.45) is 1.31. The Kier molecular flexibility index (Phi) is 7.74. The molecule has 1 amide bonds. The van der Waals surface area contributed by atoms with Crippen LogP contribution in [0.1, 0.15) is 6.92 Å². The number of thioether (sulfide) groups is 2. The quantitative estimate of drug-likeness (QED) is 0.255. The number of nitrogens with two attached hydrogens (primary N) is 1. The summed E-state index contributed by atoms with van der Waals surface area (Å²) < 4.78 is 35.0. The van der Waals surface area contributed by atoms with Crippen molar-refractivity contribution in [3.05, 3.63) is 35.4 Å². The number of hydrogen-bond acceptors (Lipinski definition) is 9. The van der Waals surface area contributed by atoms with Crippen LogP contribution in [0.3, 0.4) is 0 Å². The summed E-state index contributed by atoms with van der Waals surface area (Å²) in [7, 11) is 0. The van der Waals surface area contributed by atoms with Crippen LogP contribution in [0, 0.1) is 0 Å². The highest BCUT2D eigenvalue weighted by Gasteiger charge is 2.27. The van der Waals surface area contributed by atoms with Crippen molar-refractivity contribution in [1.82, 2.24) is 19.8 Å². The van der Waals surface area contributed by atoms with Gasteiger partial charge in [0, 0.05) is 17.9 Å². The fraction of sp³-hybridized carbons (Fsp3) is 0.333. The highest BCUT2D eigenvalue weighted by Crippen LogP contribution is 2.30. The van der Waals surface area contributed by atoms with Gasteiger partial charge in [-0.05, 0) is 31.2 Å². The maximum Gasteiger partial charge on any atom is 0.387 e. The van der Waals surface area contributed by atoms with Crippen LogP contribution < -0.4 is 10.6 Å². The third-order valence-electron chi connectivity index (χ3n) is 3.99. The van der Waals surface area contributed by atoms with E-state index < -0.39 is 12.6 Å². The number of carbonyl (C=O) groups is 2. The van der Waals surface area contributed by atoms with Crippen LogP contribution in [0.5, 0.6) is 5.75 Å². The average molecular weight is 472 g/mol. The first-order valence-corrected chi connectivity index (χ1v) is 11.1. The summed E-state index contributed by atoms with van der Waals surface area (Å²) in [6.45, 7) is -0.585. The van der Waals surface area contributed by atoms with Gasteiger partial charge in [-0.1, -0.05) is 23.5 Å². The van der Waals surface area contributed by atoms with Gasteiger partial charge >= 0.3 is 12.6 Å². The molecule has 2 aromatic rings. The van der Waals surface area contributed by atoms with E-state index in [0.29, 0.717) is 33.9 Å². The lowest BCUT2D eigenvalue weighted by Gasteiger charge is -2.16. The smallest absolute Gasteiger partial charge is 0.387 e. The molecule has 3 rings (SSSR count). The molecule has 166 valence electrons. The van der Waals surface area contributed by atoms with Gasteiger partial charge in [0.25, 0.3) is 0 Å². The van der Waals surface area contributed by atoms with Crippen LogP contribution >= 0.6 is 23.5 Å². The number of alkyl halides is 2. The van der Waals surface area contributed by atoms with Gasteiger partial charge in [-0.2, -0.15) is 8.78 Å². The van der Waals surface area contributed by atoms with E-state index in [-0.39, 0.29) is 24.0 Å². The molecule has 1 saturated heterocycles. The van der Waals surface area contributed by atoms with Crippen molar-refractivity contribution in [2.75, 3.05) is 30.5 Å². The third-order valence-corrected chi connectivity index (χ3v) is 5.94. The van der Waals surface area contributed by atoms with Crippen LogP contribution in [0.25, 0.3) is 11.4 Å². The van der Waals surface area contributed by atoms with E-state index in [9.17, 15) is 18.4 Å². The molecule has 1 aliphatic rings. The minimum Gasteiger partial charge on any atom is -0.463 e. The second-order valence-electron chi connectivity index (χ2n) is 6.00. The Morgan fingerprint density at radius 1 is 1.35 bits per heavy atom. The summed E-state index contributed by atoms with van der Waals surface area (Å²) in [4.78, 5) is 25.3. The molecule has 1 aromatic carbocycles. The molecule has 0 spiro atoms. The summed E-state index contributed by atoms with van der Waals surface area (Å²) >= 11 is 2.57. The van der Waals surface area contributed by atoms with E-state index in [2.05, 4.69) is 14.9 Å². The lowest BCUT2D eigenvalue weighted by atomic mass is 10.2. The normalized spacial score (nSPS) is 15.2. The summed E-state index contributed by atoms with van der Waals surface area (Å²) in [5.41, 5.74) is 0.578. The van der Waals surface area contributed by atoms with Crippen molar-refractivity contribution in [3.8, 4) is 17.1 Å². The van der Waals surface area contributed by atoms with Crippen molar-refractivity contribution in [3.63, 3.8) is 0 Å². The average Bonchev–Trinajstić information content (AvgIpc) is 3.25. The first-order chi connectivity index (χ1) is 14.9.